The van der Waals surface area contributed by atoms with Crippen LogP contribution in [0.25, 0.3) is 110 Å². The third-order valence-electron chi connectivity index (χ3n) is 17.5. The Morgan fingerprint density at radius 3 is 1.06 bits per heavy atom. The minimum atomic E-state index is -0.418. The van der Waals surface area contributed by atoms with Crippen molar-refractivity contribution in [1.82, 2.24) is 19.3 Å². The number of aromatic nitrogens is 4. The summed E-state index contributed by atoms with van der Waals surface area (Å²) < 4.78 is 10.9. The Morgan fingerprint density at radius 2 is 0.632 bits per heavy atom. The molecule has 0 saturated heterocycles. The van der Waals surface area contributed by atoms with Gasteiger partial charge in [0.2, 0.25) is 11.8 Å². The molecule has 12 aromatic carbocycles. The molecule has 0 atom stereocenters. The first-order chi connectivity index (χ1) is 42.8. The van der Waals surface area contributed by atoms with Crippen molar-refractivity contribution in [1.29, 1.82) is 0 Å². The predicted molar refractivity (Wildman–Crippen MR) is 343 cm³/mol. The second-order valence-electron chi connectivity index (χ2n) is 22.3. The van der Waals surface area contributed by atoms with Gasteiger partial charge in [-0.2, -0.15) is 0 Å². The number of carbonyl (C=O) groups is 4. The van der Waals surface area contributed by atoms with Crippen LogP contribution in [0, 0.1) is 0 Å². The van der Waals surface area contributed by atoms with Gasteiger partial charge >= 0.3 is 0 Å². The second-order valence-corrected chi connectivity index (χ2v) is 22.3. The maximum absolute atomic E-state index is 14.5. The van der Waals surface area contributed by atoms with E-state index in [0.29, 0.717) is 55.5 Å². The number of benzene rings is 12. The van der Waals surface area contributed by atoms with E-state index in [0.717, 1.165) is 89.7 Å². The van der Waals surface area contributed by atoms with E-state index in [-0.39, 0.29) is 11.8 Å². The van der Waals surface area contributed by atoms with Crippen molar-refractivity contribution in [2.45, 2.75) is 13.1 Å². The molecule has 0 radical (unpaired) electrons. The number of anilines is 2. The SMILES string of the molecule is O=C1c2cccc3c(-c4ccc5c(c4)c4ccccc4n5Cc4ccccc4)ccc(c23)C(=O)N1c1ccc(-c2nnc(-c3ccc(N4C(=O)c5cccc6c(-c7ccc8c(c7)c7ccccc7n8Cc7ccccc7)ccc(c56)C4=O)cc3)o2)cc1. The lowest BCUT2D eigenvalue weighted by Crippen LogP contribution is -2.40. The molecule has 2 aliphatic heterocycles. The molecule has 0 spiro atoms. The first-order valence-corrected chi connectivity index (χ1v) is 28.9. The zero-order valence-corrected chi connectivity index (χ0v) is 46.4. The molecular formula is C76H46N6O5. The molecule has 0 N–H and O–H groups in total. The van der Waals surface area contributed by atoms with Gasteiger partial charge in [-0.25, -0.2) is 9.80 Å². The molecule has 0 fully saturated rings. The minimum absolute atomic E-state index is 0.221. The first-order valence-electron chi connectivity index (χ1n) is 28.9. The molecule has 15 aromatic rings. The van der Waals surface area contributed by atoms with Crippen LogP contribution in [0.2, 0.25) is 0 Å². The summed E-state index contributed by atoms with van der Waals surface area (Å²) in [4.78, 5) is 60.4. The van der Waals surface area contributed by atoms with Crippen molar-refractivity contribution in [3.63, 3.8) is 0 Å². The normalized spacial score (nSPS) is 13.2. The molecule has 11 nitrogen and oxygen atoms in total. The number of hydrogen-bond donors (Lipinski definition) is 0. The fraction of sp³-hybridized carbons (Fsp3) is 0.0263. The summed E-state index contributed by atoms with van der Waals surface area (Å²) in [5, 5.41) is 16.2. The fourth-order valence-corrected chi connectivity index (χ4v) is 13.4. The number of imide groups is 2. The van der Waals surface area contributed by atoms with E-state index < -0.39 is 23.6 Å². The van der Waals surface area contributed by atoms with E-state index in [1.807, 2.05) is 60.7 Å². The number of para-hydroxylation sites is 2. The van der Waals surface area contributed by atoms with Crippen LogP contribution in [0.4, 0.5) is 11.4 Å². The maximum atomic E-state index is 14.5. The number of fused-ring (bicyclic) bond motifs is 6. The summed E-state index contributed by atoms with van der Waals surface area (Å²) in [6.45, 7) is 1.47. The van der Waals surface area contributed by atoms with Crippen molar-refractivity contribution in [3.8, 4) is 45.2 Å². The molecule has 0 saturated carbocycles. The lowest BCUT2D eigenvalue weighted by molar-refractivity contribution is 0.0877. The molecule has 410 valence electrons. The highest BCUT2D eigenvalue weighted by Gasteiger charge is 2.37. The Hall–Kier alpha value is -11.8. The van der Waals surface area contributed by atoms with E-state index >= 15 is 0 Å². The maximum Gasteiger partial charge on any atom is 0.265 e. The van der Waals surface area contributed by atoms with E-state index in [4.69, 9.17) is 4.42 Å². The summed E-state index contributed by atoms with van der Waals surface area (Å²) in [6.07, 6.45) is 0. The van der Waals surface area contributed by atoms with E-state index in [1.54, 1.807) is 60.7 Å². The van der Waals surface area contributed by atoms with Crippen molar-refractivity contribution >= 4 is 100 Å². The molecule has 4 amide bonds. The van der Waals surface area contributed by atoms with E-state index in [1.165, 1.54) is 20.9 Å². The number of rotatable bonds is 10. The van der Waals surface area contributed by atoms with Gasteiger partial charge in [-0.05, 0) is 153 Å². The number of hydrogen-bond acceptors (Lipinski definition) is 7. The summed E-state index contributed by atoms with van der Waals surface area (Å²) in [5.74, 6) is -1.23. The largest absolute Gasteiger partial charge is 0.416 e. The average molecular weight is 1120 g/mol. The van der Waals surface area contributed by atoms with E-state index in [9.17, 15) is 19.2 Å². The third kappa shape index (κ3) is 7.76. The molecule has 17 rings (SSSR count). The van der Waals surface area contributed by atoms with Crippen LogP contribution in [0.5, 0.6) is 0 Å². The molecule has 0 aliphatic carbocycles. The van der Waals surface area contributed by atoms with Crippen molar-refractivity contribution in [2.75, 3.05) is 9.80 Å². The third-order valence-corrected chi connectivity index (χ3v) is 17.5. The summed E-state index contributed by atoms with van der Waals surface area (Å²) >= 11 is 0. The Labute approximate surface area is 496 Å². The van der Waals surface area contributed by atoms with Gasteiger partial charge in [-0.3, -0.25) is 19.2 Å². The average Bonchev–Trinajstić information content (AvgIpc) is 1.70. The predicted octanol–water partition coefficient (Wildman–Crippen LogP) is 17.0. The standard InChI is InChI=1S/C76H46N6O5/c83-73-59-21-11-19-57-53(49-29-39-67-63(41-49)55-17-7-9-23-65(55)79(67)43-45-13-3-1-4-14-45)35-37-61(69(57)59)75(85)81(73)51-31-25-47(26-32-51)71-77-78-72(87-71)48-27-33-52(34-28-48)82-74(84)60-22-12-20-58-54(36-38-62(70(58)60)76(82)86)50-30-40-68-64(42-50)56-18-8-10-24-66(56)80(68)44-46-15-5-2-6-16-46/h1-42H,43-44H2. The second kappa shape index (κ2) is 19.4. The molecule has 0 unspecified atom stereocenters. The highest BCUT2D eigenvalue weighted by molar-refractivity contribution is 6.38. The lowest BCUT2D eigenvalue weighted by Gasteiger charge is -2.28. The monoisotopic (exact) mass is 1120 g/mol. The van der Waals surface area contributed by atoms with Gasteiger partial charge in [-0.15, -0.1) is 10.2 Å². The van der Waals surface area contributed by atoms with Crippen LogP contribution in [-0.4, -0.2) is 43.0 Å². The van der Waals surface area contributed by atoms with Crippen LogP contribution >= 0.6 is 0 Å². The van der Waals surface area contributed by atoms with Gasteiger partial charge in [-0.1, -0.05) is 146 Å². The Bertz CT molecular complexity index is 5050. The number of carbonyl (C=O) groups excluding carboxylic acids is 4. The molecule has 5 heterocycles. The smallest absolute Gasteiger partial charge is 0.265 e. The highest BCUT2D eigenvalue weighted by atomic mass is 16.4. The summed E-state index contributed by atoms with van der Waals surface area (Å²) in [6, 6.07) is 83.5. The molecule has 87 heavy (non-hydrogen) atoms. The van der Waals surface area contributed by atoms with Crippen LogP contribution in [-0.2, 0) is 13.1 Å². The summed E-state index contributed by atoms with van der Waals surface area (Å²) in [5.41, 5.74) is 14.5. The van der Waals surface area contributed by atoms with Crippen LogP contribution in [0.15, 0.2) is 259 Å². The molecular weight excluding hydrogens is 1080 g/mol. The van der Waals surface area contributed by atoms with Gasteiger partial charge in [0.15, 0.2) is 0 Å². The molecule has 2 aliphatic rings. The quantitative estimate of drug-likeness (QED) is 0.125. The van der Waals surface area contributed by atoms with Crippen LogP contribution < -0.4 is 9.80 Å². The van der Waals surface area contributed by atoms with Crippen LogP contribution in [0.3, 0.4) is 0 Å². The minimum Gasteiger partial charge on any atom is -0.416 e. The van der Waals surface area contributed by atoms with Gasteiger partial charge in [0.05, 0.1) is 11.4 Å². The van der Waals surface area contributed by atoms with E-state index in [2.05, 4.69) is 153 Å². The zero-order chi connectivity index (χ0) is 58.0. The number of nitrogens with zero attached hydrogens (tertiary/aromatic N) is 6. The first kappa shape index (κ1) is 49.8. The Morgan fingerprint density at radius 1 is 0.287 bits per heavy atom. The molecule has 11 heteroatoms. The van der Waals surface area contributed by atoms with Gasteiger partial charge in [0, 0.05) is 101 Å². The van der Waals surface area contributed by atoms with Gasteiger partial charge < -0.3 is 13.6 Å². The van der Waals surface area contributed by atoms with Gasteiger partial charge in [0.25, 0.3) is 23.6 Å². The Balaban J connectivity index is 0.615. The summed E-state index contributed by atoms with van der Waals surface area (Å²) in [7, 11) is 0. The Kier molecular flexibility index (Phi) is 11.1. The molecule has 3 aromatic heterocycles. The lowest BCUT2D eigenvalue weighted by atomic mass is 9.88. The number of amides is 4. The zero-order valence-electron chi connectivity index (χ0n) is 46.4. The van der Waals surface area contributed by atoms with Crippen molar-refractivity contribution in [3.05, 3.63) is 288 Å². The van der Waals surface area contributed by atoms with Crippen LogP contribution in [0.1, 0.15) is 52.6 Å². The topological polar surface area (TPSA) is 124 Å². The van der Waals surface area contributed by atoms with Crippen molar-refractivity contribution in [2.24, 2.45) is 0 Å². The fourth-order valence-electron chi connectivity index (χ4n) is 13.4. The highest BCUT2D eigenvalue weighted by Crippen LogP contribution is 2.43. The molecule has 0 bridgehead atoms. The van der Waals surface area contributed by atoms with Gasteiger partial charge in [0.1, 0.15) is 0 Å². The van der Waals surface area contributed by atoms with Crippen molar-refractivity contribution < 1.29 is 23.6 Å².